The van der Waals surface area contributed by atoms with E-state index in [4.69, 9.17) is 8.22 Å². The van der Waals surface area contributed by atoms with E-state index in [0.717, 1.165) is 44.1 Å². The molecule has 0 aromatic rings. The van der Waals surface area contributed by atoms with Gasteiger partial charge in [0.2, 0.25) is 0 Å². The molecular weight excluding hydrogens is 356 g/mol. The first kappa shape index (κ1) is 15.9. The van der Waals surface area contributed by atoms with Crippen LogP contribution in [0.2, 0.25) is 0 Å². The third kappa shape index (κ3) is 5.44. The highest BCUT2D eigenvalue weighted by atomic mass is 16.3. The van der Waals surface area contributed by atoms with E-state index in [0.29, 0.717) is 37.0 Å². The van der Waals surface area contributed by atoms with E-state index in [1.807, 2.05) is 0 Å². The number of aliphatic hydroxyl groups is 2. The lowest BCUT2D eigenvalue weighted by Gasteiger charge is -2.44. The van der Waals surface area contributed by atoms with E-state index in [1.165, 1.54) is 17.6 Å². The van der Waals surface area contributed by atoms with Gasteiger partial charge in [0.05, 0.1) is 11.7 Å². The maximum absolute atomic E-state index is 10.6. The van der Waals surface area contributed by atoms with Crippen LogP contribution in [0.5, 0.6) is 0 Å². The van der Waals surface area contributed by atoms with Gasteiger partial charge in [-0.1, -0.05) is 56.6 Å². The molecule has 3 aliphatic carbocycles. The zero-order chi connectivity index (χ0) is 26.2. The summed E-state index contributed by atoms with van der Waals surface area (Å²) in [4.78, 5) is 0. The minimum absolute atomic E-state index is 0.176. The Bertz CT molecular complexity index is 826. The fourth-order valence-electron chi connectivity index (χ4n) is 6.49. The summed E-state index contributed by atoms with van der Waals surface area (Å²) in [6.07, 6.45) is 13.1. The van der Waals surface area contributed by atoms with Gasteiger partial charge >= 0.3 is 0 Å². The fourth-order valence-corrected chi connectivity index (χ4v) is 6.49. The molecule has 0 heterocycles. The SMILES string of the molecule is [2H]C([2H])([2H])C(O)(CCC[C@@H](C)[C@H]1CC[C@H]2/C(=C/C=C3\C[C@@H](O)CCC3=C)CCC[C@]12C)C([2H])([2H])[2H]. The van der Waals surface area contributed by atoms with Crippen LogP contribution >= 0.6 is 0 Å². The van der Waals surface area contributed by atoms with Crippen molar-refractivity contribution in [1.82, 2.24) is 0 Å². The van der Waals surface area contributed by atoms with Crippen LogP contribution in [0.1, 0.15) is 106 Å². The Morgan fingerprint density at radius 3 is 2.83 bits per heavy atom. The summed E-state index contributed by atoms with van der Waals surface area (Å²) in [5.74, 6) is 1.33. The van der Waals surface area contributed by atoms with Gasteiger partial charge in [0, 0.05) is 8.22 Å². The van der Waals surface area contributed by atoms with Crippen molar-refractivity contribution in [2.75, 3.05) is 0 Å². The van der Waals surface area contributed by atoms with Gasteiger partial charge in [-0.15, -0.1) is 0 Å². The van der Waals surface area contributed by atoms with Gasteiger partial charge in [-0.05, 0) is 100 Å². The van der Waals surface area contributed by atoms with Crippen molar-refractivity contribution in [3.63, 3.8) is 0 Å². The van der Waals surface area contributed by atoms with Crippen LogP contribution in [-0.4, -0.2) is 21.9 Å². The summed E-state index contributed by atoms with van der Waals surface area (Å²) in [6.45, 7) is 2.91. The second-order valence-electron chi connectivity index (χ2n) is 10.3. The lowest BCUT2D eigenvalue weighted by Crippen LogP contribution is -2.36. The van der Waals surface area contributed by atoms with E-state index in [9.17, 15) is 10.2 Å². The summed E-state index contributed by atoms with van der Waals surface area (Å²) in [6, 6.07) is 0. The van der Waals surface area contributed by atoms with Crippen molar-refractivity contribution in [3.8, 4) is 0 Å². The van der Waals surface area contributed by atoms with Crippen LogP contribution in [0.4, 0.5) is 0 Å². The molecule has 3 aliphatic rings. The molecular formula is C27H44O2. The number of hydrogen-bond donors (Lipinski definition) is 2. The maximum Gasteiger partial charge on any atom is 0.0591 e. The normalized spacial score (nSPS) is 41.1. The van der Waals surface area contributed by atoms with Crippen LogP contribution in [0.25, 0.3) is 0 Å². The molecule has 0 aromatic heterocycles. The van der Waals surface area contributed by atoms with Gasteiger partial charge in [-0.3, -0.25) is 0 Å². The Hall–Kier alpha value is -0.860. The van der Waals surface area contributed by atoms with Crippen molar-refractivity contribution < 1.29 is 18.4 Å². The average molecular weight is 407 g/mol. The Labute approximate surface area is 187 Å². The molecule has 2 heteroatoms. The van der Waals surface area contributed by atoms with E-state index in [2.05, 4.69) is 32.6 Å². The Morgan fingerprint density at radius 1 is 1.28 bits per heavy atom. The number of rotatable bonds is 6. The summed E-state index contributed by atoms with van der Waals surface area (Å²) in [7, 11) is 0. The molecule has 0 unspecified atom stereocenters. The molecule has 2 nitrogen and oxygen atoms in total. The maximum atomic E-state index is 10.6. The first-order valence-corrected chi connectivity index (χ1v) is 11.6. The lowest BCUT2D eigenvalue weighted by atomic mass is 9.60. The Balaban J connectivity index is 1.68. The summed E-state index contributed by atoms with van der Waals surface area (Å²) >= 11 is 0. The molecule has 3 rings (SSSR count). The minimum atomic E-state index is -2.94. The molecule has 0 aromatic carbocycles. The zero-order valence-electron chi connectivity index (χ0n) is 24.3. The van der Waals surface area contributed by atoms with Gasteiger partial charge in [-0.25, -0.2) is 0 Å². The second kappa shape index (κ2) is 9.10. The van der Waals surface area contributed by atoms with Crippen LogP contribution in [-0.2, 0) is 0 Å². The largest absolute Gasteiger partial charge is 0.393 e. The monoisotopic (exact) mass is 406 g/mol. The first-order valence-electron chi connectivity index (χ1n) is 14.6. The summed E-state index contributed by atoms with van der Waals surface area (Å²) in [5, 5.41) is 20.6. The van der Waals surface area contributed by atoms with Crippen LogP contribution in [0, 0.1) is 23.2 Å². The van der Waals surface area contributed by atoms with Crippen molar-refractivity contribution >= 4 is 0 Å². The molecule has 164 valence electrons. The van der Waals surface area contributed by atoms with Crippen LogP contribution in [0.15, 0.2) is 35.5 Å². The molecule has 0 aliphatic heterocycles. The number of aliphatic hydroxyl groups excluding tert-OH is 1. The molecule has 5 atom stereocenters. The van der Waals surface area contributed by atoms with Gasteiger partial charge in [-0.2, -0.15) is 0 Å². The third-order valence-corrected chi connectivity index (χ3v) is 8.11. The number of allylic oxidation sites excluding steroid dienone is 4. The highest BCUT2D eigenvalue weighted by molar-refractivity contribution is 5.36. The average Bonchev–Trinajstić information content (AvgIpc) is 3.10. The van der Waals surface area contributed by atoms with Crippen molar-refractivity contribution in [1.29, 1.82) is 0 Å². The molecule has 0 spiro atoms. The third-order valence-electron chi connectivity index (χ3n) is 8.11. The van der Waals surface area contributed by atoms with Gasteiger partial charge in [0.25, 0.3) is 0 Å². The summed E-state index contributed by atoms with van der Waals surface area (Å²) in [5.41, 5.74) is 1.32. The van der Waals surface area contributed by atoms with Gasteiger partial charge < -0.3 is 10.2 Å². The topological polar surface area (TPSA) is 40.5 Å². The molecule has 0 radical (unpaired) electrons. The predicted octanol–water partition coefficient (Wildman–Crippen LogP) is 6.73. The second-order valence-corrected chi connectivity index (χ2v) is 10.3. The quantitative estimate of drug-likeness (QED) is 0.513. The molecule has 3 fully saturated rings. The van der Waals surface area contributed by atoms with E-state index >= 15 is 0 Å². The highest BCUT2D eigenvalue weighted by Crippen LogP contribution is 2.60. The molecule has 2 N–H and O–H groups in total. The van der Waals surface area contributed by atoms with Gasteiger partial charge in [0.1, 0.15) is 0 Å². The van der Waals surface area contributed by atoms with Crippen molar-refractivity contribution in [2.45, 2.75) is 110 Å². The molecule has 3 saturated carbocycles. The van der Waals surface area contributed by atoms with E-state index in [1.54, 1.807) is 0 Å². The smallest absolute Gasteiger partial charge is 0.0591 e. The molecule has 29 heavy (non-hydrogen) atoms. The molecule has 0 amide bonds. The molecule has 0 saturated heterocycles. The zero-order valence-corrected chi connectivity index (χ0v) is 18.3. The fraction of sp³-hybridized carbons (Fsp3) is 0.778. The van der Waals surface area contributed by atoms with Gasteiger partial charge in [0.15, 0.2) is 0 Å². The number of hydrogen-bond acceptors (Lipinski definition) is 2. The minimum Gasteiger partial charge on any atom is -0.393 e. The van der Waals surface area contributed by atoms with Crippen molar-refractivity contribution in [3.05, 3.63) is 35.5 Å². The van der Waals surface area contributed by atoms with E-state index in [-0.39, 0.29) is 17.9 Å². The van der Waals surface area contributed by atoms with Crippen molar-refractivity contribution in [2.24, 2.45) is 23.2 Å². The molecule has 0 bridgehead atoms. The first-order chi connectivity index (χ1) is 16.1. The number of fused-ring (bicyclic) bond motifs is 1. The Kier molecular flexibility index (Phi) is 4.98. The predicted molar refractivity (Wildman–Crippen MR) is 123 cm³/mol. The van der Waals surface area contributed by atoms with Crippen LogP contribution < -0.4 is 0 Å². The summed E-state index contributed by atoms with van der Waals surface area (Å²) < 4.78 is 45.6. The standard InChI is InChI=1S/C27H44O2/c1-19-10-13-23(28)18-22(19)12-11-21-9-7-17-27(5)24(14-15-25(21)27)20(2)8-6-16-26(3,4)29/h11-12,20,23-25,28-29H,1,6-10,13-18H2,2-5H3/b21-11+,22-12+/t20-,23+,24-,25+,27-/m1/s1/i3D3,4D3. The van der Waals surface area contributed by atoms with E-state index < -0.39 is 19.3 Å². The Morgan fingerprint density at radius 2 is 2.07 bits per heavy atom. The van der Waals surface area contributed by atoms with Crippen LogP contribution in [0.3, 0.4) is 0 Å². The highest BCUT2D eigenvalue weighted by Gasteiger charge is 2.50. The lowest BCUT2D eigenvalue weighted by molar-refractivity contribution is 0.0596.